The minimum atomic E-state index is -4.46. The summed E-state index contributed by atoms with van der Waals surface area (Å²) in [6.45, 7) is 1.60. The molecular weight excluding hydrogens is 287 g/mol. The van der Waals surface area contributed by atoms with Crippen LogP contribution in [0.5, 0.6) is 0 Å². The first-order chi connectivity index (χ1) is 9.92. The van der Waals surface area contributed by atoms with Gasteiger partial charge in [0.2, 0.25) is 5.95 Å². The fourth-order valence-electron chi connectivity index (χ4n) is 2.91. The highest BCUT2D eigenvalue weighted by Gasteiger charge is 2.46. The highest BCUT2D eigenvalue weighted by molar-refractivity contribution is 5.34. The maximum Gasteiger partial charge on any atom is 0.433 e. The summed E-state index contributed by atoms with van der Waals surface area (Å²) in [5.74, 6) is 0.103. The van der Waals surface area contributed by atoms with Gasteiger partial charge < -0.3 is 14.4 Å². The Morgan fingerprint density at radius 3 is 2.95 bits per heavy atom. The topological polar surface area (TPSA) is 47.5 Å². The number of halogens is 3. The Labute approximate surface area is 120 Å². The zero-order valence-electron chi connectivity index (χ0n) is 11.6. The third-order valence-electron chi connectivity index (χ3n) is 4.04. The van der Waals surface area contributed by atoms with E-state index in [0.717, 1.165) is 25.1 Å². The molecule has 2 aliphatic rings. The standard InChI is InChI=1S/C13H16F3N3O2/c1-20-9-6-12(21-7-9)3-5-19(8-12)11-17-4-2-10(18-11)13(14,15)16/h2,4,9H,3,5-8H2,1H3/t9-,12-/m1/s1. The summed E-state index contributed by atoms with van der Waals surface area (Å²) in [6, 6.07) is 0.877. The van der Waals surface area contributed by atoms with Crippen LogP contribution in [0.3, 0.4) is 0 Å². The smallest absolute Gasteiger partial charge is 0.379 e. The molecule has 1 aromatic heterocycles. The number of ether oxygens (including phenoxy) is 2. The molecule has 0 unspecified atom stereocenters. The summed E-state index contributed by atoms with van der Waals surface area (Å²) in [6.07, 6.45) is -1.78. The molecule has 8 heteroatoms. The summed E-state index contributed by atoms with van der Waals surface area (Å²) >= 11 is 0. The Bertz CT molecular complexity index is 526. The van der Waals surface area contributed by atoms with Crippen LogP contribution in [0.4, 0.5) is 19.1 Å². The Morgan fingerprint density at radius 1 is 1.48 bits per heavy atom. The van der Waals surface area contributed by atoms with Crippen molar-refractivity contribution in [2.45, 2.75) is 30.7 Å². The van der Waals surface area contributed by atoms with Gasteiger partial charge in [0.1, 0.15) is 5.69 Å². The summed E-state index contributed by atoms with van der Waals surface area (Å²) in [4.78, 5) is 9.32. The molecule has 0 N–H and O–H groups in total. The van der Waals surface area contributed by atoms with E-state index in [2.05, 4.69) is 9.97 Å². The van der Waals surface area contributed by atoms with E-state index >= 15 is 0 Å². The number of hydrogen-bond donors (Lipinski definition) is 0. The van der Waals surface area contributed by atoms with Crippen LogP contribution in [0.1, 0.15) is 18.5 Å². The summed E-state index contributed by atoms with van der Waals surface area (Å²) in [7, 11) is 1.63. The van der Waals surface area contributed by atoms with Crippen molar-refractivity contribution in [1.29, 1.82) is 0 Å². The second-order valence-corrected chi connectivity index (χ2v) is 5.47. The molecule has 5 nitrogen and oxygen atoms in total. The van der Waals surface area contributed by atoms with Gasteiger partial charge in [-0.2, -0.15) is 13.2 Å². The van der Waals surface area contributed by atoms with Crippen LogP contribution in [-0.4, -0.2) is 48.5 Å². The van der Waals surface area contributed by atoms with Crippen molar-refractivity contribution < 1.29 is 22.6 Å². The summed E-state index contributed by atoms with van der Waals surface area (Å²) in [5, 5.41) is 0. The van der Waals surface area contributed by atoms with Gasteiger partial charge in [-0.3, -0.25) is 0 Å². The van der Waals surface area contributed by atoms with E-state index in [0.29, 0.717) is 19.7 Å². The van der Waals surface area contributed by atoms with Gasteiger partial charge in [-0.05, 0) is 12.5 Å². The number of anilines is 1. The third kappa shape index (κ3) is 2.82. The Kier molecular flexibility index (Phi) is 3.53. The first-order valence-electron chi connectivity index (χ1n) is 6.74. The lowest BCUT2D eigenvalue weighted by Crippen LogP contribution is -2.33. The molecule has 2 fully saturated rings. The van der Waals surface area contributed by atoms with Gasteiger partial charge in [0.15, 0.2) is 0 Å². The van der Waals surface area contributed by atoms with Gasteiger partial charge in [0, 0.05) is 26.3 Å². The van der Waals surface area contributed by atoms with Gasteiger partial charge in [-0.1, -0.05) is 0 Å². The molecule has 2 aliphatic heterocycles. The van der Waals surface area contributed by atoms with Gasteiger partial charge in [0.05, 0.1) is 24.9 Å². The molecule has 21 heavy (non-hydrogen) atoms. The van der Waals surface area contributed by atoms with Crippen LogP contribution in [0.25, 0.3) is 0 Å². The van der Waals surface area contributed by atoms with E-state index in [1.807, 2.05) is 0 Å². The quantitative estimate of drug-likeness (QED) is 0.835. The highest BCUT2D eigenvalue weighted by atomic mass is 19.4. The van der Waals surface area contributed by atoms with Gasteiger partial charge in [0.25, 0.3) is 0 Å². The van der Waals surface area contributed by atoms with Crippen molar-refractivity contribution in [3.63, 3.8) is 0 Å². The van der Waals surface area contributed by atoms with Crippen LogP contribution in [-0.2, 0) is 15.7 Å². The lowest BCUT2D eigenvalue weighted by atomic mass is 9.98. The molecule has 3 heterocycles. The molecule has 0 radical (unpaired) electrons. The van der Waals surface area contributed by atoms with Gasteiger partial charge >= 0.3 is 6.18 Å². The predicted molar refractivity (Wildman–Crippen MR) is 68.0 cm³/mol. The van der Waals surface area contributed by atoms with E-state index in [1.54, 1.807) is 12.0 Å². The fourth-order valence-corrected chi connectivity index (χ4v) is 2.91. The monoisotopic (exact) mass is 303 g/mol. The highest BCUT2D eigenvalue weighted by Crippen LogP contribution is 2.37. The number of rotatable bonds is 2. The maximum atomic E-state index is 12.7. The van der Waals surface area contributed by atoms with Gasteiger partial charge in [-0.25, -0.2) is 9.97 Å². The molecule has 0 aliphatic carbocycles. The van der Waals surface area contributed by atoms with E-state index in [1.165, 1.54) is 0 Å². The molecule has 2 saturated heterocycles. The summed E-state index contributed by atoms with van der Waals surface area (Å²) < 4.78 is 49.2. The van der Waals surface area contributed by atoms with E-state index in [4.69, 9.17) is 9.47 Å². The van der Waals surface area contributed by atoms with Crippen molar-refractivity contribution in [3.8, 4) is 0 Å². The molecule has 1 aromatic rings. The molecule has 1 spiro atoms. The maximum absolute atomic E-state index is 12.7. The van der Waals surface area contributed by atoms with E-state index < -0.39 is 11.9 Å². The van der Waals surface area contributed by atoms with Gasteiger partial charge in [-0.15, -0.1) is 0 Å². The van der Waals surface area contributed by atoms with Crippen molar-refractivity contribution in [2.24, 2.45) is 0 Å². The molecule has 0 amide bonds. The third-order valence-corrected chi connectivity index (χ3v) is 4.04. The number of methoxy groups -OCH3 is 1. The lowest BCUT2D eigenvalue weighted by molar-refractivity contribution is -0.141. The van der Waals surface area contributed by atoms with Crippen molar-refractivity contribution >= 4 is 5.95 Å². The first-order valence-corrected chi connectivity index (χ1v) is 6.74. The lowest BCUT2D eigenvalue weighted by Gasteiger charge is -2.23. The average molecular weight is 303 g/mol. The number of alkyl halides is 3. The van der Waals surface area contributed by atoms with Crippen LogP contribution >= 0.6 is 0 Å². The zero-order valence-corrected chi connectivity index (χ0v) is 11.6. The van der Waals surface area contributed by atoms with Crippen LogP contribution < -0.4 is 4.90 Å². The largest absolute Gasteiger partial charge is 0.433 e. The SMILES string of the molecule is CO[C@H]1CO[C@]2(CCN(c3nccc(C(F)(F)F)n3)C2)C1. The molecule has 0 saturated carbocycles. The molecule has 116 valence electrons. The molecular formula is C13H16F3N3O2. The normalized spacial score (nSPS) is 29.5. The fraction of sp³-hybridized carbons (Fsp3) is 0.692. The zero-order chi connectivity index (χ0) is 15.1. The number of aromatic nitrogens is 2. The van der Waals surface area contributed by atoms with Crippen LogP contribution in [0.15, 0.2) is 12.3 Å². The molecule has 3 rings (SSSR count). The molecule has 0 bridgehead atoms. The minimum absolute atomic E-state index is 0.0485. The van der Waals surface area contributed by atoms with Crippen molar-refractivity contribution in [2.75, 3.05) is 31.7 Å². The minimum Gasteiger partial charge on any atom is -0.379 e. The number of nitrogens with zero attached hydrogens (tertiary/aromatic N) is 3. The predicted octanol–water partition coefficient (Wildman–Crippen LogP) is 1.88. The number of hydrogen-bond acceptors (Lipinski definition) is 5. The second kappa shape index (κ2) is 5.10. The van der Waals surface area contributed by atoms with E-state index in [9.17, 15) is 13.2 Å². The van der Waals surface area contributed by atoms with Crippen LogP contribution in [0.2, 0.25) is 0 Å². The summed E-state index contributed by atoms with van der Waals surface area (Å²) in [5.41, 5.74) is -1.27. The second-order valence-electron chi connectivity index (χ2n) is 5.47. The molecule has 2 atom stereocenters. The Hall–Kier alpha value is -1.41. The van der Waals surface area contributed by atoms with Crippen molar-refractivity contribution in [1.82, 2.24) is 9.97 Å². The Morgan fingerprint density at radius 2 is 2.29 bits per heavy atom. The van der Waals surface area contributed by atoms with Crippen molar-refractivity contribution in [3.05, 3.63) is 18.0 Å². The first kappa shape index (κ1) is 14.5. The van der Waals surface area contributed by atoms with E-state index in [-0.39, 0.29) is 17.7 Å². The van der Waals surface area contributed by atoms with Crippen LogP contribution in [0, 0.1) is 0 Å². The Balaban J connectivity index is 1.75. The molecule has 0 aromatic carbocycles. The average Bonchev–Trinajstić information content (AvgIpc) is 3.06.